The van der Waals surface area contributed by atoms with Crippen LogP contribution in [0, 0.1) is 0 Å². The molecule has 0 saturated carbocycles. The van der Waals surface area contributed by atoms with E-state index in [0.29, 0.717) is 0 Å². The first-order chi connectivity index (χ1) is 5.24. The summed E-state index contributed by atoms with van der Waals surface area (Å²) in [6.07, 6.45) is 5.04. The van der Waals surface area contributed by atoms with E-state index in [2.05, 4.69) is 25.0 Å². The number of thioether (sulfide) groups is 1. The lowest BCUT2D eigenvalue weighted by atomic mass is 10.1. The van der Waals surface area contributed by atoms with Crippen molar-refractivity contribution < 1.29 is 0 Å². The van der Waals surface area contributed by atoms with Gasteiger partial charge in [-0.3, -0.25) is 4.90 Å². The molecule has 0 aromatic rings. The van der Waals surface area contributed by atoms with Crippen molar-refractivity contribution >= 4 is 11.8 Å². The van der Waals surface area contributed by atoms with Crippen LogP contribution in [0.15, 0.2) is 0 Å². The van der Waals surface area contributed by atoms with E-state index in [1.165, 1.54) is 25.9 Å². The van der Waals surface area contributed by atoms with Crippen molar-refractivity contribution in [3.05, 3.63) is 0 Å². The molecule has 2 heteroatoms. The summed E-state index contributed by atoms with van der Waals surface area (Å²) in [5.41, 5.74) is 0. The fourth-order valence-corrected chi connectivity index (χ4v) is 2.37. The SMILES string of the molecule is CS[C@@H]1CCCN(C(C)C)C1. The minimum absolute atomic E-state index is 0.741. The highest BCUT2D eigenvalue weighted by molar-refractivity contribution is 7.99. The molecule has 1 saturated heterocycles. The third-order valence-electron chi connectivity index (χ3n) is 2.47. The van der Waals surface area contributed by atoms with Crippen LogP contribution in [0.2, 0.25) is 0 Å². The molecule has 0 aromatic carbocycles. The second-order valence-electron chi connectivity index (χ2n) is 3.59. The van der Waals surface area contributed by atoms with Crippen LogP contribution in [0.1, 0.15) is 26.7 Å². The van der Waals surface area contributed by atoms with E-state index in [9.17, 15) is 0 Å². The zero-order valence-corrected chi connectivity index (χ0v) is 8.66. The first kappa shape index (κ1) is 9.40. The van der Waals surface area contributed by atoms with Crippen molar-refractivity contribution in [2.45, 2.75) is 38.0 Å². The van der Waals surface area contributed by atoms with Crippen molar-refractivity contribution in [3.63, 3.8) is 0 Å². The molecule has 0 spiro atoms. The molecule has 0 bridgehead atoms. The Morgan fingerprint density at radius 1 is 1.45 bits per heavy atom. The van der Waals surface area contributed by atoms with Gasteiger partial charge < -0.3 is 0 Å². The van der Waals surface area contributed by atoms with Gasteiger partial charge in [-0.1, -0.05) is 0 Å². The molecule has 1 nitrogen and oxygen atoms in total. The number of hydrogen-bond acceptors (Lipinski definition) is 2. The van der Waals surface area contributed by atoms with Gasteiger partial charge in [-0.15, -0.1) is 0 Å². The van der Waals surface area contributed by atoms with Gasteiger partial charge >= 0.3 is 0 Å². The summed E-state index contributed by atoms with van der Waals surface area (Å²) in [7, 11) is 0. The Bertz CT molecular complexity index is 114. The summed E-state index contributed by atoms with van der Waals surface area (Å²) in [6.45, 7) is 7.21. The highest BCUT2D eigenvalue weighted by Gasteiger charge is 2.20. The quantitative estimate of drug-likeness (QED) is 0.630. The number of rotatable bonds is 2. The average molecular weight is 173 g/mol. The summed E-state index contributed by atoms with van der Waals surface area (Å²) in [4.78, 5) is 2.59. The molecule has 1 fully saturated rings. The van der Waals surface area contributed by atoms with Gasteiger partial charge in [0, 0.05) is 17.8 Å². The van der Waals surface area contributed by atoms with E-state index in [1.54, 1.807) is 0 Å². The summed E-state index contributed by atoms with van der Waals surface area (Å²) in [6, 6.07) is 0.741. The van der Waals surface area contributed by atoms with Crippen LogP contribution in [0.3, 0.4) is 0 Å². The Balaban J connectivity index is 2.33. The molecule has 1 aliphatic rings. The van der Waals surface area contributed by atoms with Gasteiger partial charge in [0.15, 0.2) is 0 Å². The van der Waals surface area contributed by atoms with Crippen molar-refractivity contribution in [2.75, 3.05) is 19.3 Å². The van der Waals surface area contributed by atoms with E-state index in [4.69, 9.17) is 0 Å². The van der Waals surface area contributed by atoms with E-state index < -0.39 is 0 Å². The summed E-state index contributed by atoms with van der Waals surface area (Å²) in [5, 5.41) is 0.895. The van der Waals surface area contributed by atoms with Crippen LogP contribution in [0.4, 0.5) is 0 Å². The molecule has 1 atom stereocenters. The average Bonchev–Trinajstić information content (AvgIpc) is 2.05. The number of hydrogen-bond donors (Lipinski definition) is 0. The molecule has 0 unspecified atom stereocenters. The van der Waals surface area contributed by atoms with Gasteiger partial charge in [0.1, 0.15) is 0 Å². The van der Waals surface area contributed by atoms with Crippen molar-refractivity contribution in [3.8, 4) is 0 Å². The molecule has 0 aliphatic carbocycles. The largest absolute Gasteiger partial charge is 0.300 e. The Morgan fingerprint density at radius 3 is 2.73 bits per heavy atom. The molecule has 0 N–H and O–H groups in total. The normalized spacial score (nSPS) is 27.8. The second kappa shape index (κ2) is 4.36. The van der Waals surface area contributed by atoms with Crippen LogP contribution >= 0.6 is 11.8 Å². The summed E-state index contributed by atoms with van der Waals surface area (Å²) in [5.74, 6) is 0. The Labute approximate surface area is 74.5 Å². The van der Waals surface area contributed by atoms with Gasteiger partial charge in [0.05, 0.1) is 0 Å². The highest BCUT2D eigenvalue weighted by atomic mass is 32.2. The fourth-order valence-electron chi connectivity index (χ4n) is 1.63. The summed E-state index contributed by atoms with van der Waals surface area (Å²) >= 11 is 2.03. The fraction of sp³-hybridized carbons (Fsp3) is 1.00. The standard InChI is InChI=1S/C9H19NS/c1-8(2)10-6-4-5-9(7-10)11-3/h8-9H,4-7H2,1-3H3/t9-/m1/s1. The van der Waals surface area contributed by atoms with E-state index >= 15 is 0 Å². The molecule has 1 heterocycles. The van der Waals surface area contributed by atoms with E-state index in [-0.39, 0.29) is 0 Å². The summed E-state index contributed by atoms with van der Waals surface area (Å²) < 4.78 is 0. The smallest absolute Gasteiger partial charge is 0.0172 e. The molecule has 0 aromatic heterocycles. The molecule has 11 heavy (non-hydrogen) atoms. The minimum Gasteiger partial charge on any atom is -0.300 e. The maximum Gasteiger partial charge on any atom is 0.0172 e. The third-order valence-corrected chi connectivity index (χ3v) is 3.52. The molecule has 1 aliphatic heterocycles. The Morgan fingerprint density at radius 2 is 2.18 bits per heavy atom. The van der Waals surface area contributed by atoms with Crippen molar-refractivity contribution in [2.24, 2.45) is 0 Å². The lowest BCUT2D eigenvalue weighted by Crippen LogP contribution is -2.41. The van der Waals surface area contributed by atoms with E-state index in [0.717, 1.165) is 11.3 Å². The van der Waals surface area contributed by atoms with Crippen LogP contribution < -0.4 is 0 Å². The highest BCUT2D eigenvalue weighted by Crippen LogP contribution is 2.21. The van der Waals surface area contributed by atoms with Gasteiger partial charge in [-0.05, 0) is 39.5 Å². The van der Waals surface area contributed by atoms with Crippen LogP contribution in [-0.4, -0.2) is 35.5 Å². The zero-order chi connectivity index (χ0) is 8.27. The Kier molecular flexibility index (Phi) is 3.73. The first-order valence-electron chi connectivity index (χ1n) is 4.51. The second-order valence-corrected chi connectivity index (χ2v) is 4.73. The van der Waals surface area contributed by atoms with Crippen molar-refractivity contribution in [1.29, 1.82) is 0 Å². The molecular weight excluding hydrogens is 154 g/mol. The van der Waals surface area contributed by atoms with E-state index in [1.807, 2.05) is 11.8 Å². The molecular formula is C9H19NS. The number of likely N-dealkylation sites (tertiary alicyclic amines) is 1. The lowest BCUT2D eigenvalue weighted by Gasteiger charge is -2.34. The molecule has 0 amide bonds. The zero-order valence-electron chi connectivity index (χ0n) is 7.84. The lowest BCUT2D eigenvalue weighted by molar-refractivity contribution is 0.189. The maximum atomic E-state index is 2.59. The molecule has 0 radical (unpaired) electrons. The first-order valence-corrected chi connectivity index (χ1v) is 5.79. The number of piperidine rings is 1. The van der Waals surface area contributed by atoms with Crippen molar-refractivity contribution in [1.82, 2.24) is 4.90 Å². The Hall–Kier alpha value is 0.310. The number of nitrogens with zero attached hydrogens (tertiary/aromatic N) is 1. The van der Waals surface area contributed by atoms with Gasteiger partial charge in [-0.25, -0.2) is 0 Å². The maximum absolute atomic E-state index is 2.59. The molecule has 66 valence electrons. The predicted octanol–water partition coefficient (Wildman–Crippen LogP) is 2.22. The molecule has 1 rings (SSSR count). The third kappa shape index (κ3) is 2.68. The van der Waals surface area contributed by atoms with Crippen LogP contribution in [-0.2, 0) is 0 Å². The minimum atomic E-state index is 0.741. The van der Waals surface area contributed by atoms with Gasteiger partial charge in [0.25, 0.3) is 0 Å². The van der Waals surface area contributed by atoms with Crippen LogP contribution in [0.5, 0.6) is 0 Å². The van der Waals surface area contributed by atoms with Gasteiger partial charge in [0.2, 0.25) is 0 Å². The topological polar surface area (TPSA) is 3.24 Å². The van der Waals surface area contributed by atoms with Crippen LogP contribution in [0.25, 0.3) is 0 Å². The van der Waals surface area contributed by atoms with Gasteiger partial charge in [-0.2, -0.15) is 11.8 Å². The monoisotopic (exact) mass is 173 g/mol. The predicted molar refractivity (Wildman–Crippen MR) is 53.2 cm³/mol.